The van der Waals surface area contributed by atoms with E-state index in [0.29, 0.717) is 10.5 Å². The Morgan fingerprint density at radius 3 is 2.41 bits per heavy atom. The van der Waals surface area contributed by atoms with E-state index in [4.69, 9.17) is 0 Å². The van der Waals surface area contributed by atoms with Gasteiger partial charge in [-0.15, -0.1) is 0 Å². The van der Waals surface area contributed by atoms with Gasteiger partial charge in [0.05, 0.1) is 15.4 Å². The molecule has 0 saturated carbocycles. The number of nitrogens with one attached hydrogen (secondary N) is 1. The molecule has 0 spiro atoms. The molecule has 0 aliphatic carbocycles. The molecular formula is C20H20N4O7S. The number of imide groups is 1. The van der Waals surface area contributed by atoms with Gasteiger partial charge in [-0.1, -0.05) is 12.1 Å². The minimum absolute atomic E-state index is 0.0487. The van der Waals surface area contributed by atoms with E-state index in [0.717, 1.165) is 10.4 Å². The maximum Gasteiger partial charge on any atom is 0.282 e. The van der Waals surface area contributed by atoms with Gasteiger partial charge in [0.25, 0.3) is 17.5 Å². The third kappa shape index (κ3) is 3.74. The first kappa shape index (κ1) is 23.0. The van der Waals surface area contributed by atoms with Gasteiger partial charge in [0.15, 0.2) is 0 Å². The fourth-order valence-electron chi connectivity index (χ4n) is 3.25. The lowest BCUT2D eigenvalue weighted by Gasteiger charge is -2.22. The van der Waals surface area contributed by atoms with Gasteiger partial charge in [-0.25, -0.2) is 12.7 Å². The molecule has 1 heterocycles. The van der Waals surface area contributed by atoms with Crippen molar-refractivity contribution >= 4 is 39.1 Å². The number of nitrogens with zero attached hydrogens (tertiary/aromatic N) is 3. The van der Waals surface area contributed by atoms with Gasteiger partial charge in [-0.3, -0.25) is 29.4 Å². The molecular weight excluding hydrogens is 440 g/mol. The Labute approximate surface area is 183 Å². The van der Waals surface area contributed by atoms with E-state index in [9.17, 15) is 32.9 Å². The normalized spacial score (nSPS) is 14.5. The van der Waals surface area contributed by atoms with Crippen molar-refractivity contribution in [1.29, 1.82) is 0 Å². The Morgan fingerprint density at radius 1 is 1.16 bits per heavy atom. The number of amides is 3. The number of nitro benzene ring substituents is 1. The van der Waals surface area contributed by atoms with E-state index in [1.165, 1.54) is 51.4 Å². The van der Waals surface area contributed by atoms with E-state index >= 15 is 0 Å². The summed E-state index contributed by atoms with van der Waals surface area (Å²) in [4.78, 5) is 49.5. The molecule has 3 rings (SSSR count). The van der Waals surface area contributed by atoms with Crippen LogP contribution in [0.1, 0.15) is 33.2 Å². The summed E-state index contributed by atoms with van der Waals surface area (Å²) in [5.41, 5.74) is -0.293. The van der Waals surface area contributed by atoms with Crippen LogP contribution in [0.25, 0.3) is 0 Å². The van der Waals surface area contributed by atoms with Crippen molar-refractivity contribution < 1.29 is 27.7 Å². The molecule has 1 atom stereocenters. The molecule has 1 unspecified atom stereocenters. The maximum atomic E-state index is 12.9. The van der Waals surface area contributed by atoms with Crippen molar-refractivity contribution in [3.05, 3.63) is 63.2 Å². The van der Waals surface area contributed by atoms with Gasteiger partial charge in [0.2, 0.25) is 15.9 Å². The average molecular weight is 460 g/mol. The first-order valence-electron chi connectivity index (χ1n) is 9.37. The topological polar surface area (TPSA) is 147 Å². The number of carbonyl (C=O) groups excluding carboxylic acids is 3. The van der Waals surface area contributed by atoms with E-state index in [1.54, 1.807) is 6.92 Å². The Kier molecular flexibility index (Phi) is 5.85. The van der Waals surface area contributed by atoms with Gasteiger partial charge in [0.1, 0.15) is 11.6 Å². The molecule has 2 aromatic carbocycles. The Balaban J connectivity index is 1.91. The Morgan fingerprint density at radius 2 is 1.81 bits per heavy atom. The molecule has 32 heavy (non-hydrogen) atoms. The summed E-state index contributed by atoms with van der Waals surface area (Å²) < 4.78 is 25.8. The summed E-state index contributed by atoms with van der Waals surface area (Å²) >= 11 is 0. The highest BCUT2D eigenvalue weighted by molar-refractivity contribution is 7.89. The number of rotatable bonds is 6. The van der Waals surface area contributed by atoms with Crippen molar-refractivity contribution in [2.45, 2.75) is 24.8 Å². The number of hydrogen-bond acceptors (Lipinski definition) is 7. The third-order valence-electron chi connectivity index (χ3n) is 5.13. The largest absolute Gasteiger partial charge is 0.324 e. The minimum Gasteiger partial charge on any atom is -0.324 e. The zero-order valence-corrected chi connectivity index (χ0v) is 18.5. The quantitative estimate of drug-likeness (QED) is 0.392. The third-order valence-corrected chi connectivity index (χ3v) is 6.94. The second-order valence-electron chi connectivity index (χ2n) is 7.37. The van der Waals surface area contributed by atoms with Crippen LogP contribution in [0.4, 0.5) is 11.4 Å². The molecule has 12 heteroatoms. The number of carbonyl (C=O) groups is 3. The van der Waals surface area contributed by atoms with Crippen LogP contribution >= 0.6 is 0 Å². The molecule has 0 aromatic heterocycles. The number of aryl methyl sites for hydroxylation is 1. The van der Waals surface area contributed by atoms with Crippen LogP contribution in [0.3, 0.4) is 0 Å². The lowest BCUT2D eigenvalue weighted by atomic mass is 10.1. The number of fused-ring (bicyclic) bond motifs is 1. The number of nitro groups is 1. The van der Waals surface area contributed by atoms with Crippen LogP contribution in [-0.2, 0) is 14.8 Å². The summed E-state index contributed by atoms with van der Waals surface area (Å²) in [7, 11) is -1.01. The molecule has 11 nitrogen and oxygen atoms in total. The average Bonchev–Trinajstić information content (AvgIpc) is 2.99. The molecule has 1 N–H and O–H groups in total. The molecule has 168 valence electrons. The number of benzene rings is 2. The molecule has 3 amide bonds. The van der Waals surface area contributed by atoms with Crippen molar-refractivity contribution in [3.63, 3.8) is 0 Å². The SMILES string of the molecule is Cc1ccc(S(=O)(=O)N(C)C)cc1NC(=O)C(C)N1C(=O)c2cccc([N+](=O)[O-])c2C1=O. The molecule has 1 aliphatic heterocycles. The number of hydrogen-bond donors (Lipinski definition) is 1. The van der Waals surface area contributed by atoms with E-state index < -0.39 is 44.4 Å². The maximum absolute atomic E-state index is 12.9. The number of anilines is 1. The molecule has 0 radical (unpaired) electrons. The summed E-state index contributed by atoms with van der Waals surface area (Å²) in [6.07, 6.45) is 0. The number of sulfonamides is 1. The second-order valence-corrected chi connectivity index (χ2v) is 9.52. The molecule has 0 bridgehead atoms. The zero-order chi connectivity index (χ0) is 24.0. The van der Waals surface area contributed by atoms with Crippen LogP contribution in [0.5, 0.6) is 0 Å². The predicted molar refractivity (Wildman–Crippen MR) is 114 cm³/mol. The highest BCUT2D eigenvalue weighted by Gasteiger charge is 2.44. The van der Waals surface area contributed by atoms with E-state index in [2.05, 4.69) is 5.32 Å². The lowest BCUT2D eigenvalue weighted by Crippen LogP contribution is -2.45. The van der Waals surface area contributed by atoms with Crippen LogP contribution in [0.2, 0.25) is 0 Å². The molecule has 0 saturated heterocycles. The van der Waals surface area contributed by atoms with Crippen LogP contribution in [0, 0.1) is 17.0 Å². The van der Waals surface area contributed by atoms with Gasteiger partial charge >= 0.3 is 0 Å². The Bertz CT molecular complexity index is 1270. The highest BCUT2D eigenvalue weighted by Crippen LogP contribution is 2.32. The smallest absolute Gasteiger partial charge is 0.282 e. The van der Waals surface area contributed by atoms with Gasteiger partial charge < -0.3 is 5.32 Å². The van der Waals surface area contributed by atoms with Gasteiger partial charge in [0, 0.05) is 25.8 Å². The molecule has 0 fully saturated rings. The molecule has 1 aliphatic rings. The second kappa shape index (κ2) is 8.13. The fraction of sp³-hybridized carbons (Fsp3) is 0.250. The Hall–Kier alpha value is -3.64. The first-order chi connectivity index (χ1) is 14.9. The minimum atomic E-state index is -3.76. The predicted octanol–water partition coefficient (Wildman–Crippen LogP) is 1.78. The standard InChI is InChI=1S/C20H20N4O7S/c1-11-8-9-13(32(30,31)22(3)4)10-15(11)21-18(25)12(2)23-19(26)14-6-5-7-16(24(28)29)17(14)20(23)27/h5-10,12H,1-4H3,(H,21,25). The van der Waals surface area contributed by atoms with Gasteiger partial charge in [-0.05, 0) is 37.6 Å². The lowest BCUT2D eigenvalue weighted by molar-refractivity contribution is -0.385. The van der Waals surface area contributed by atoms with Crippen LogP contribution < -0.4 is 5.32 Å². The van der Waals surface area contributed by atoms with E-state index in [1.807, 2.05) is 0 Å². The monoisotopic (exact) mass is 460 g/mol. The van der Waals surface area contributed by atoms with Crippen LogP contribution in [0.15, 0.2) is 41.3 Å². The summed E-state index contributed by atoms with van der Waals surface area (Å²) in [6, 6.07) is 6.56. The van der Waals surface area contributed by atoms with E-state index in [-0.39, 0.29) is 21.7 Å². The fourth-order valence-corrected chi connectivity index (χ4v) is 4.18. The van der Waals surface area contributed by atoms with Crippen molar-refractivity contribution in [2.24, 2.45) is 0 Å². The summed E-state index contributed by atoms with van der Waals surface area (Å²) in [5.74, 6) is -2.53. The van der Waals surface area contributed by atoms with Crippen molar-refractivity contribution in [3.8, 4) is 0 Å². The van der Waals surface area contributed by atoms with Crippen molar-refractivity contribution in [1.82, 2.24) is 9.21 Å². The van der Waals surface area contributed by atoms with Crippen molar-refractivity contribution in [2.75, 3.05) is 19.4 Å². The summed E-state index contributed by atoms with van der Waals surface area (Å²) in [5, 5.41) is 13.8. The first-order valence-corrected chi connectivity index (χ1v) is 10.8. The molecule has 2 aromatic rings. The van der Waals surface area contributed by atoms with Gasteiger partial charge in [-0.2, -0.15) is 0 Å². The highest BCUT2D eigenvalue weighted by atomic mass is 32.2. The van der Waals surface area contributed by atoms with Crippen LogP contribution in [-0.4, -0.2) is 60.4 Å². The zero-order valence-electron chi connectivity index (χ0n) is 17.6. The summed E-state index contributed by atoms with van der Waals surface area (Å²) in [6.45, 7) is 2.95.